The lowest BCUT2D eigenvalue weighted by Crippen LogP contribution is -2.24. The van der Waals surface area contributed by atoms with Crippen molar-refractivity contribution in [3.05, 3.63) is 0 Å². The first-order valence-corrected chi connectivity index (χ1v) is 4.34. The topological polar surface area (TPSA) is 35.2 Å². The Morgan fingerprint density at radius 1 is 1.27 bits per heavy atom. The lowest BCUT2D eigenvalue weighted by molar-refractivity contribution is 0.0882. The first kappa shape index (κ1) is 10.9. The molecule has 0 aliphatic heterocycles. The van der Waals surface area contributed by atoms with Gasteiger partial charge in [-0.1, -0.05) is 13.8 Å². The van der Waals surface area contributed by atoms with Gasteiger partial charge in [0.2, 0.25) is 0 Å². The fourth-order valence-corrected chi connectivity index (χ4v) is 1.16. The third kappa shape index (κ3) is 4.38. The largest absolute Gasteiger partial charge is 0.382 e. The zero-order valence-corrected chi connectivity index (χ0v) is 8.13. The van der Waals surface area contributed by atoms with Gasteiger partial charge in [-0.2, -0.15) is 0 Å². The van der Waals surface area contributed by atoms with Crippen molar-refractivity contribution in [2.24, 2.45) is 17.6 Å². The van der Waals surface area contributed by atoms with Crippen LogP contribution in [0.5, 0.6) is 0 Å². The number of hydrogen-bond acceptors (Lipinski definition) is 2. The van der Waals surface area contributed by atoms with Gasteiger partial charge in [0.05, 0.1) is 6.10 Å². The molecule has 0 aromatic rings. The van der Waals surface area contributed by atoms with Gasteiger partial charge in [0.15, 0.2) is 0 Å². The molecule has 2 heteroatoms. The highest BCUT2D eigenvalue weighted by Crippen LogP contribution is 2.16. The molecule has 0 aliphatic carbocycles. The average molecular weight is 159 g/mol. The molecule has 0 rings (SSSR count). The second-order valence-electron chi connectivity index (χ2n) is 3.52. The molecule has 2 nitrogen and oxygen atoms in total. The maximum absolute atomic E-state index is 5.62. The van der Waals surface area contributed by atoms with Crippen molar-refractivity contribution < 1.29 is 4.74 Å². The number of nitrogens with two attached hydrogens (primary N) is 1. The summed E-state index contributed by atoms with van der Waals surface area (Å²) >= 11 is 0. The monoisotopic (exact) mass is 159 g/mol. The minimum Gasteiger partial charge on any atom is -0.382 e. The summed E-state index contributed by atoms with van der Waals surface area (Å²) in [5.74, 6) is 1.27. The highest BCUT2D eigenvalue weighted by molar-refractivity contribution is 4.66. The Labute approximate surface area is 70.1 Å². The second-order valence-corrected chi connectivity index (χ2v) is 3.52. The standard InChI is InChI=1S/C9H21NO/c1-7(2)9(6-10)5-8(3)11-4/h7-9H,5-6,10H2,1-4H3. The number of methoxy groups -OCH3 is 1. The van der Waals surface area contributed by atoms with Crippen molar-refractivity contribution in [2.75, 3.05) is 13.7 Å². The van der Waals surface area contributed by atoms with Gasteiger partial charge in [-0.3, -0.25) is 0 Å². The van der Waals surface area contributed by atoms with Gasteiger partial charge in [0.25, 0.3) is 0 Å². The molecule has 2 N–H and O–H groups in total. The number of rotatable bonds is 5. The van der Waals surface area contributed by atoms with Crippen LogP contribution < -0.4 is 5.73 Å². The molecule has 0 saturated carbocycles. The molecule has 0 amide bonds. The summed E-state index contributed by atoms with van der Waals surface area (Å²) in [5, 5.41) is 0. The van der Waals surface area contributed by atoms with Crippen LogP contribution in [-0.2, 0) is 4.74 Å². The summed E-state index contributed by atoms with van der Waals surface area (Å²) in [6.45, 7) is 7.27. The van der Waals surface area contributed by atoms with Crippen molar-refractivity contribution >= 4 is 0 Å². The minimum atomic E-state index is 0.339. The molecule has 0 heterocycles. The van der Waals surface area contributed by atoms with Gasteiger partial charge in [-0.05, 0) is 31.7 Å². The van der Waals surface area contributed by atoms with Crippen LogP contribution in [0.4, 0.5) is 0 Å². The van der Waals surface area contributed by atoms with E-state index in [1.165, 1.54) is 0 Å². The Balaban J connectivity index is 3.68. The summed E-state index contributed by atoms with van der Waals surface area (Å²) < 4.78 is 5.18. The van der Waals surface area contributed by atoms with Crippen LogP contribution in [0.25, 0.3) is 0 Å². The molecule has 0 bridgehead atoms. The Bertz CT molecular complexity index is 93.6. The van der Waals surface area contributed by atoms with Crippen molar-refractivity contribution in [3.63, 3.8) is 0 Å². The molecule has 2 atom stereocenters. The summed E-state index contributed by atoms with van der Waals surface area (Å²) in [7, 11) is 1.75. The van der Waals surface area contributed by atoms with E-state index in [9.17, 15) is 0 Å². The van der Waals surface area contributed by atoms with Crippen molar-refractivity contribution in [1.29, 1.82) is 0 Å². The van der Waals surface area contributed by atoms with Gasteiger partial charge in [0, 0.05) is 7.11 Å². The van der Waals surface area contributed by atoms with Crippen molar-refractivity contribution in [3.8, 4) is 0 Å². The second kappa shape index (κ2) is 5.56. The highest BCUT2D eigenvalue weighted by Gasteiger charge is 2.14. The lowest BCUT2D eigenvalue weighted by Gasteiger charge is -2.21. The maximum Gasteiger partial charge on any atom is 0.0546 e. The third-order valence-corrected chi connectivity index (χ3v) is 2.28. The summed E-state index contributed by atoms with van der Waals surface area (Å²) in [4.78, 5) is 0. The normalized spacial score (nSPS) is 16.9. The van der Waals surface area contributed by atoms with Crippen LogP contribution in [-0.4, -0.2) is 19.8 Å². The molecule has 11 heavy (non-hydrogen) atoms. The quantitative estimate of drug-likeness (QED) is 0.662. The fourth-order valence-electron chi connectivity index (χ4n) is 1.16. The van der Waals surface area contributed by atoms with Crippen LogP contribution in [0.2, 0.25) is 0 Å². The van der Waals surface area contributed by atoms with Gasteiger partial charge in [-0.15, -0.1) is 0 Å². The van der Waals surface area contributed by atoms with Gasteiger partial charge in [-0.25, -0.2) is 0 Å². The van der Waals surface area contributed by atoms with E-state index in [1.54, 1.807) is 7.11 Å². The molecule has 0 aromatic carbocycles. The molecule has 0 saturated heterocycles. The van der Waals surface area contributed by atoms with Gasteiger partial charge in [0.1, 0.15) is 0 Å². The van der Waals surface area contributed by atoms with E-state index in [-0.39, 0.29) is 0 Å². The number of hydrogen-bond donors (Lipinski definition) is 1. The van der Waals surface area contributed by atoms with E-state index in [1.807, 2.05) is 0 Å². The Morgan fingerprint density at radius 2 is 1.82 bits per heavy atom. The van der Waals surface area contributed by atoms with E-state index < -0.39 is 0 Å². The first-order chi connectivity index (χ1) is 5.11. The van der Waals surface area contributed by atoms with Gasteiger partial charge >= 0.3 is 0 Å². The average Bonchev–Trinajstić information content (AvgIpc) is 1.99. The Morgan fingerprint density at radius 3 is 2.09 bits per heavy atom. The maximum atomic E-state index is 5.62. The summed E-state index contributed by atoms with van der Waals surface area (Å²) in [6.07, 6.45) is 1.41. The minimum absolute atomic E-state index is 0.339. The van der Waals surface area contributed by atoms with E-state index in [0.29, 0.717) is 17.9 Å². The Kier molecular flexibility index (Phi) is 5.51. The molecule has 0 fully saturated rings. The third-order valence-electron chi connectivity index (χ3n) is 2.28. The summed E-state index contributed by atoms with van der Waals surface area (Å²) in [6, 6.07) is 0. The zero-order valence-electron chi connectivity index (χ0n) is 8.13. The molecule has 0 aromatic heterocycles. The van der Waals surface area contributed by atoms with Crippen LogP contribution in [0.15, 0.2) is 0 Å². The van der Waals surface area contributed by atoms with E-state index in [4.69, 9.17) is 10.5 Å². The van der Waals surface area contributed by atoms with Crippen LogP contribution in [0, 0.1) is 11.8 Å². The SMILES string of the molecule is COC(C)CC(CN)C(C)C. The molecule has 0 aliphatic rings. The molecular weight excluding hydrogens is 138 g/mol. The van der Waals surface area contributed by atoms with Gasteiger partial charge < -0.3 is 10.5 Å². The number of ether oxygens (including phenoxy) is 1. The predicted octanol–water partition coefficient (Wildman–Crippen LogP) is 1.64. The van der Waals surface area contributed by atoms with Crippen molar-refractivity contribution in [1.82, 2.24) is 0 Å². The van der Waals surface area contributed by atoms with Crippen LogP contribution in [0.1, 0.15) is 27.2 Å². The molecule has 0 spiro atoms. The van der Waals surface area contributed by atoms with Crippen molar-refractivity contribution in [2.45, 2.75) is 33.3 Å². The molecule has 2 unspecified atom stereocenters. The van der Waals surface area contributed by atoms with E-state index in [2.05, 4.69) is 20.8 Å². The summed E-state index contributed by atoms with van der Waals surface area (Å²) in [5.41, 5.74) is 5.62. The van der Waals surface area contributed by atoms with Crippen LogP contribution >= 0.6 is 0 Å². The van der Waals surface area contributed by atoms with E-state index in [0.717, 1.165) is 13.0 Å². The lowest BCUT2D eigenvalue weighted by atomic mass is 9.91. The smallest absolute Gasteiger partial charge is 0.0546 e. The zero-order chi connectivity index (χ0) is 8.85. The fraction of sp³-hybridized carbons (Fsp3) is 1.00. The highest BCUT2D eigenvalue weighted by atomic mass is 16.5. The molecular formula is C9H21NO. The first-order valence-electron chi connectivity index (χ1n) is 4.34. The molecule has 0 radical (unpaired) electrons. The Hall–Kier alpha value is -0.0800. The van der Waals surface area contributed by atoms with Crippen LogP contribution in [0.3, 0.4) is 0 Å². The molecule has 68 valence electrons. The van der Waals surface area contributed by atoms with E-state index >= 15 is 0 Å². The predicted molar refractivity (Wildman–Crippen MR) is 48.5 cm³/mol.